The highest BCUT2D eigenvalue weighted by Gasteiger charge is 2.25. The number of ether oxygens (including phenoxy) is 3. The summed E-state index contributed by atoms with van der Waals surface area (Å²) in [5.41, 5.74) is 0.490. The molecule has 3 saturated heterocycles. The number of hydrogen-bond donors (Lipinski definition) is 0. The van der Waals surface area contributed by atoms with E-state index in [0.29, 0.717) is 5.41 Å². The molecule has 0 spiro atoms. The zero-order valence-corrected chi connectivity index (χ0v) is 25.5. The lowest BCUT2D eigenvalue weighted by molar-refractivity contribution is 0.0286. The van der Waals surface area contributed by atoms with Crippen LogP contribution in [0.4, 0.5) is 0 Å². The molecule has 0 radical (unpaired) electrons. The third-order valence-corrected chi connectivity index (χ3v) is 4.76. The first-order valence-corrected chi connectivity index (χ1v) is 14.1. The fraction of sp³-hybridized carbons (Fsp3) is 1.00. The number of rotatable bonds is 0. The van der Waals surface area contributed by atoms with E-state index in [4.69, 9.17) is 14.2 Å². The molecule has 0 unspecified atom stereocenters. The van der Waals surface area contributed by atoms with Crippen molar-refractivity contribution in [2.45, 2.75) is 130 Å². The van der Waals surface area contributed by atoms with Crippen LogP contribution in [0.25, 0.3) is 0 Å². The van der Waals surface area contributed by atoms with E-state index in [-0.39, 0.29) is 0 Å². The average molecular weight is 465 g/mol. The van der Waals surface area contributed by atoms with Crippen LogP contribution < -0.4 is 0 Å². The molecule has 0 aromatic heterocycles. The van der Waals surface area contributed by atoms with Crippen molar-refractivity contribution in [1.82, 2.24) is 0 Å². The maximum absolute atomic E-state index is 5.29. The second-order valence-corrected chi connectivity index (χ2v) is 8.19. The Kier molecular flexibility index (Phi) is 46.6. The van der Waals surface area contributed by atoms with Crippen LogP contribution in [0.5, 0.6) is 0 Å². The van der Waals surface area contributed by atoms with Crippen LogP contribution >= 0.6 is 0 Å². The van der Waals surface area contributed by atoms with E-state index in [9.17, 15) is 0 Å². The lowest BCUT2D eigenvalue weighted by Gasteiger charge is -2.33. The molecule has 3 heteroatoms. The van der Waals surface area contributed by atoms with Gasteiger partial charge in [-0.25, -0.2) is 0 Å². The van der Waals surface area contributed by atoms with Gasteiger partial charge in [-0.2, -0.15) is 0 Å². The Morgan fingerprint density at radius 1 is 0.469 bits per heavy atom. The molecule has 3 aliphatic heterocycles. The van der Waals surface area contributed by atoms with Gasteiger partial charge in [0.2, 0.25) is 0 Å². The van der Waals surface area contributed by atoms with E-state index in [1.165, 1.54) is 25.7 Å². The normalized spacial score (nSPS) is 21.1. The average Bonchev–Trinajstić information content (AvgIpc) is 3.55. The van der Waals surface area contributed by atoms with Crippen LogP contribution in [0.1, 0.15) is 130 Å². The largest absolute Gasteiger partial charge is 0.381 e. The Morgan fingerprint density at radius 3 is 0.875 bits per heavy atom. The minimum atomic E-state index is 0.490. The van der Waals surface area contributed by atoms with Gasteiger partial charge >= 0.3 is 0 Å². The highest BCUT2D eigenvalue weighted by molar-refractivity contribution is 4.75. The van der Waals surface area contributed by atoms with Crippen LogP contribution in [0.15, 0.2) is 0 Å². The molecule has 32 heavy (non-hydrogen) atoms. The van der Waals surface area contributed by atoms with E-state index < -0.39 is 0 Å². The molecule has 3 fully saturated rings. The van der Waals surface area contributed by atoms with Gasteiger partial charge in [-0.15, -0.1) is 0 Å². The van der Waals surface area contributed by atoms with Gasteiger partial charge < -0.3 is 14.2 Å². The van der Waals surface area contributed by atoms with Gasteiger partial charge in [0.25, 0.3) is 0 Å². The molecular weight excluding hydrogens is 396 g/mol. The summed E-state index contributed by atoms with van der Waals surface area (Å²) in [6.07, 6.45) is 5.03. The highest BCUT2D eigenvalue weighted by atomic mass is 16.5. The predicted molar refractivity (Wildman–Crippen MR) is 149 cm³/mol. The first kappa shape index (κ1) is 42.1. The molecule has 0 aliphatic carbocycles. The summed E-state index contributed by atoms with van der Waals surface area (Å²) in [6, 6.07) is 0. The van der Waals surface area contributed by atoms with Gasteiger partial charge in [-0.05, 0) is 48.9 Å². The van der Waals surface area contributed by atoms with E-state index in [1.807, 2.05) is 69.2 Å². The molecule has 0 bridgehead atoms. The minimum absolute atomic E-state index is 0.490. The van der Waals surface area contributed by atoms with Crippen molar-refractivity contribution >= 4 is 0 Å². The third-order valence-electron chi connectivity index (χ3n) is 4.76. The summed E-state index contributed by atoms with van der Waals surface area (Å²) >= 11 is 0. The fourth-order valence-corrected chi connectivity index (χ4v) is 2.87. The smallest absolute Gasteiger partial charge is 0.0492 e. The number of hydrogen-bond acceptors (Lipinski definition) is 3. The maximum atomic E-state index is 5.29. The van der Waals surface area contributed by atoms with Gasteiger partial charge in [-0.1, -0.05) is 104 Å². The fourth-order valence-electron chi connectivity index (χ4n) is 2.87. The summed E-state index contributed by atoms with van der Waals surface area (Å²) in [5, 5.41) is 0. The summed E-state index contributed by atoms with van der Waals surface area (Å²) in [6.45, 7) is 37.3. The molecule has 3 heterocycles. The first-order chi connectivity index (χ1) is 15.4. The standard InChI is InChI=1S/C9H18O.2C5H10O.5C2H6/c1-9(2,3)8-4-6-10-7-5-8;2*1-5-2-3-6-4-5;5*1-2/h8H,4-7H2,1-3H3;2*5H,2-4H2,1H3;5*1-2H3/t;2*5-;;;;;/m.11...../s1. The van der Waals surface area contributed by atoms with Crippen molar-refractivity contribution < 1.29 is 14.2 Å². The summed E-state index contributed by atoms with van der Waals surface area (Å²) < 4.78 is 15.4. The van der Waals surface area contributed by atoms with Crippen molar-refractivity contribution in [2.75, 3.05) is 39.6 Å². The van der Waals surface area contributed by atoms with Crippen LogP contribution in [-0.2, 0) is 14.2 Å². The maximum Gasteiger partial charge on any atom is 0.0492 e. The van der Waals surface area contributed by atoms with Crippen molar-refractivity contribution in [2.24, 2.45) is 23.2 Å². The Labute approximate surface area is 206 Å². The van der Waals surface area contributed by atoms with E-state index in [1.54, 1.807) is 0 Å². The Bertz CT molecular complexity index is 242. The lowest BCUT2D eigenvalue weighted by atomic mass is 9.76. The molecule has 0 saturated carbocycles. The van der Waals surface area contributed by atoms with Crippen molar-refractivity contribution in [1.29, 1.82) is 0 Å². The second-order valence-electron chi connectivity index (χ2n) is 8.19. The van der Waals surface area contributed by atoms with Crippen LogP contribution in [0.2, 0.25) is 0 Å². The highest BCUT2D eigenvalue weighted by Crippen LogP contribution is 2.33. The second kappa shape index (κ2) is 35.5. The van der Waals surface area contributed by atoms with Crippen LogP contribution in [0.3, 0.4) is 0 Å². The quantitative estimate of drug-likeness (QED) is 0.357. The molecule has 0 aromatic carbocycles. The van der Waals surface area contributed by atoms with Gasteiger partial charge in [0.05, 0.1) is 0 Å². The van der Waals surface area contributed by atoms with E-state index in [0.717, 1.165) is 57.4 Å². The summed E-state index contributed by atoms with van der Waals surface area (Å²) in [4.78, 5) is 0. The lowest BCUT2D eigenvalue weighted by Crippen LogP contribution is -2.27. The monoisotopic (exact) mass is 465 g/mol. The van der Waals surface area contributed by atoms with E-state index >= 15 is 0 Å². The molecule has 0 N–H and O–H groups in total. The molecular formula is C29H68O3. The molecule has 3 nitrogen and oxygen atoms in total. The Balaban J connectivity index is -0.0000000974. The molecule has 3 aliphatic rings. The molecule has 0 aromatic rings. The molecule has 202 valence electrons. The summed E-state index contributed by atoms with van der Waals surface area (Å²) in [7, 11) is 0. The van der Waals surface area contributed by atoms with E-state index in [2.05, 4.69) is 34.6 Å². The molecule has 0 amide bonds. The zero-order valence-electron chi connectivity index (χ0n) is 25.5. The predicted octanol–water partition coefficient (Wildman–Crippen LogP) is 9.68. The Hall–Kier alpha value is -0.120. The SMILES string of the molecule is CC.CC.CC.CC.CC.CC(C)(C)C1CCOCC1.C[C@@H]1CCOC1.C[C@@H]1CCOC1. The van der Waals surface area contributed by atoms with Gasteiger partial charge in [-0.3, -0.25) is 0 Å². The van der Waals surface area contributed by atoms with Gasteiger partial charge in [0.1, 0.15) is 0 Å². The van der Waals surface area contributed by atoms with Gasteiger partial charge in [0, 0.05) is 39.6 Å². The van der Waals surface area contributed by atoms with Crippen LogP contribution in [-0.4, -0.2) is 39.6 Å². The van der Waals surface area contributed by atoms with Crippen molar-refractivity contribution in [3.8, 4) is 0 Å². The van der Waals surface area contributed by atoms with Crippen LogP contribution in [0, 0.1) is 23.2 Å². The zero-order chi connectivity index (χ0) is 26.4. The molecule has 2 atom stereocenters. The third kappa shape index (κ3) is 32.1. The molecule has 3 rings (SSSR count). The van der Waals surface area contributed by atoms with Gasteiger partial charge in [0.15, 0.2) is 0 Å². The summed E-state index contributed by atoms with van der Waals surface area (Å²) in [5.74, 6) is 2.52. The Morgan fingerprint density at radius 2 is 0.750 bits per heavy atom. The van der Waals surface area contributed by atoms with Crippen molar-refractivity contribution in [3.63, 3.8) is 0 Å². The topological polar surface area (TPSA) is 27.7 Å². The first-order valence-electron chi connectivity index (χ1n) is 14.1. The minimum Gasteiger partial charge on any atom is -0.381 e. The van der Waals surface area contributed by atoms with Crippen molar-refractivity contribution in [3.05, 3.63) is 0 Å².